The Morgan fingerprint density at radius 3 is 2.53 bits per heavy atom. The van der Waals surface area contributed by atoms with Gasteiger partial charge in [0, 0.05) is 18.5 Å². The van der Waals surface area contributed by atoms with Crippen LogP contribution in [0.1, 0.15) is 10.5 Å². The Balaban J connectivity index is 2.79. The van der Waals surface area contributed by atoms with Crippen molar-refractivity contribution in [2.75, 3.05) is 18.8 Å². The monoisotopic (exact) mass is 223 g/mol. The van der Waals surface area contributed by atoms with Crippen molar-refractivity contribution in [3.8, 4) is 0 Å². The van der Waals surface area contributed by atoms with Crippen LogP contribution in [0.2, 0.25) is 0 Å². The minimum absolute atomic E-state index is 0.150. The second-order valence-corrected chi connectivity index (χ2v) is 3.75. The molecule has 2 N–H and O–H groups in total. The maximum Gasteiger partial charge on any atom is 0.273 e. The number of nitrogens with zero attached hydrogens (tertiary/aromatic N) is 2. The molecule has 0 spiro atoms. The summed E-state index contributed by atoms with van der Waals surface area (Å²) in [4.78, 5) is 17.4. The summed E-state index contributed by atoms with van der Waals surface area (Å²) < 4.78 is 0. The first-order chi connectivity index (χ1) is 7.19. The van der Waals surface area contributed by atoms with Gasteiger partial charge in [0.1, 0.15) is 5.69 Å². The Morgan fingerprint density at radius 1 is 1.53 bits per heavy atom. The van der Waals surface area contributed by atoms with E-state index >= 15 is 0 Å². The number of anilines is 1. The number of amides is 1. The summed E-state index contributed by atoms with van der Waals surface area (Å²) in [5.41, 5.74) is 5.84. The van der Waals surface area contributed by atoms with Crippen molar-refractivity contribution in [1.82, 2.24) is 9.88 Å². The summed E-state index contributed by atoms with van der Waals surface area (Å²) in [5.74, 6) is -0.150. The van der Waals surface area contributed by atoms with Gasteiger partial charge in [-0.15, -0.1) is 24.5 Å². The highest BCUT2D eigenvalue weighted by molar-refractivity contribution is 7.13. The number of aromatic nitrogens is 1. The predicted octanol–water partition coefficient (Wildman–Crippen LogP) is 1.54. The van der Waals surface area contributed by atoms with Gasteiger partial charge in [-0.05, 0) is 0 Å². The minimum Gasteiger partial charge on any atom is -0.375 e. The van der Waals surface area contributed by atoms with E-state index in [0.717, 1.165) is 0 Å². The molecule has 1 aromatic rings. The van der Waals surface area contributed by atoms with Gasteiger partial charge in [-0.2, -0.15) is 0 Å². The zero-order valence-electron chi connectivity index (χ0n) is 8.35. The molecule has 0 aromatic carbocycles. The molecule has 1 aromatic heterocycles. The van der Waals surface area contributed by atoms with Crippen LogP contribution in [0.4, 0.5) is 5.13 Å². The van der Waals surface area contributed by atoms with Gasteiger partial charge in [0.05, 0.1) is 0 Å². The fraction of sp³-hybridized carbons (Fsp3) is 0.200. The fourth-order valence-corrected chi connectivity index (χ4v) is 1.64. The van der Waals surface area contributed by atoms with Crippen molar-refractivity contribution in [2.24, 2.45) is 0 Å². The molecular formula is C10H13N3OS. The second-order valence-electron chi connectivity index (χ2n) is 2.86. The van der Waals surface area contributed by atoms with Gasteiger partial charge in [0.15, 0.2) is 5.13 Å². The smallest absolute Gasteiger partial charge is 0.273 e. The Morgan fingerprint density at radius 2 is 2.13 bits per heavy atom. The number of nitrogen functional groups attached to an aromatic ring is 1. The molecule has 15 heavy (non-hydrogen) atoms. The molecule has 1 amide bonds. The number of hydrogen-bond donors (Lipinski definition) is 1. The zero-order valence-corrected chi connectivity index (χ0v) is 9.17. The molecule has 1 rings (SSSR count). The van der Waals surface area contributed by atoms with E-state index in [2.05, 4.69) is 18.1 Å². The van der Waals surface area contributed by atoms with Crippen molar-refractivity contribution in [3.63, 3.8) is 0 Å². The third-order valence-corrected chi connectivity index (χ3v) is 2.40. The van der Waals surface area contributed by atoms with E-state index < -0.39 is 0 Å². The zero-order chi connectivity index (χ0) is 11.3. The number of rotatable bonds is 5. The average Bonchev–Trinajstić information content (AvgIpc) is 2.63. The molecule has 80 valence electrons. The summed E-state index contributed by atoms with van der Waals surface area (Å²) in [6.45, 7) is 8.14. The molecule has 0 aliphatic heterocycles. The van der Waals surface area contributed by atoms with E-state index in [4.69, 9.17) is 5.73 Å². The average molecular weight is 223 g/mol. The summed E-state index contributed by atoms with van der Waals surface area (Å²) in [5, 5.41) is 2.05. The molecule has 0 aliphatic carbocycles. The molecule has 0 aliphatic rings. The molecule has 1 heterocycles. The molecule has 0 unspecified atom stereocenters. The van der Waals surface area contributed by atoms with Gasteiger partial charge in [-0.1, -0.05) is 12.2 Å². The Bertz CT molecular complexity index is 362. The van der Waals surface area contributed by atoms with E-state index in [-0.39, 0.29) is 5.91 Å². The van der Waals surface area contributed by atoms with Crippen molar-refractivity contribution >= 4 is 22.4 Å². The topological polar surface area (TPSA) is 59.2 Å². The van der Waals surface area contributed by atoms with Crippen LogP contribution in [0.25, 0.3) is 0 Å². The molecule has 0 saturated carbocycles. The lowest BCUT2D eigenvalue weighted by Crippen LogP contribution is -2.31. The molecule has 4 nitrogen and oxygen atoms in total. The van der Waals surface area contributed by atoms with Crippen LogP contribution in [-0.2, 0) is 0 Å². The molecule has 0 fully saturated rings. The lowest BCUT2D eigenvalue weighted by atomic mass is 10.3. The van der Waals surface area contributed by atoms with Crippen LogP contribution in [0.3, 0.4) is 0 Å². The van der Waals surface area contributed by atoms with Crippen molar-refractivity contribution in [3.05, 3.63) is 36.4 Å². The van der Waals surface area contributed by atoms with E-state index in [1.165, 1.54) is 11.3 Å². The quantitative estimate of drug-likeness (QED) is 0.770. The molecule has 0 atom stereocenters. The lowest BCUT2D eigenvalue weighted by Gasteiger charge is -2.17. The van der Waals surface area contributed by atoms with Crippen molar-refractivity contribution in [2.45, 2.75) is 0 Å². The van der Waals surface area contributed by atoms with Gasteiger partial charge < -0.3 is 10.6 Å². The predicted molar refractivity (Wildman–Crippen MR) is 62.8 cm³/mol. The van der Waals surface area contributed by atoms with E-state index in [1.807, 2.05) is 0 Å². The van der Waals surface area contributed by atoms with Gasteiger partial charge in [-0.25, -0.2) is 4.98 Å². The van der Waals surface area contributed by atoms with Crippen LogP contribution >= 0.6 is 11.3 Å². The minimum atomic E-state index is -0.150. The van der Waals surface area contributed by atoms with E-state index in [1.54, 1.807) is 22.4 Å². The SMILES string of the molecule is C=CCN(CC=C)C(=O)c1csc(N)n1. The highest BCUT2D eigenvalue weighted by Gasteiger charge is 2.15. The third-order valence-electron chi connectivity index (χ3n) is 1.73. The van der Waals surface area contributed by atoms with E-state index in [0.29, 0.717) is 23.9 Å². The number of nitrogens with two attached hydrogens (primary N) is 1. The highest BCUT2D eigenvalue weighted by atomic mass is 32.1. The lowest BCUT2D eigenvalue weighted by molar-refractivity contribution is 0.0786. The first-order valence-corrected chi connectivity index (χ1v) is 5.29. The maximum absolute atomic E-state index is 11.9. The molecule has 0 radical (unpaired) electrons. The van der Waals surface area contributed by atoms with Crippen LogP contribution in [0.5, 0.6) is 0 Å². The van der Waals surface area contributed by atoms with Gasteiger partial charge in [0.2, 0.25) is 0 Å². The molecule has 0 bridgehead atoms. The molecule has 5 heteroatoms. The fourth-order valence-electron chi connectivity index (χ4n) is 1.10. The van der Waals surface area contributed by atoms with Gasteiger partial charge >= 0.3 is 0 Å². The van der Waals surface area contributed by atoms with Crippen molar-refractivity contribution in [1.29, 1.82) is 0 Å². The summed E-state index contributed by atoms with van der Waals surface area (Å²) in [6.07, 6.45) is 3.33. The summed E-state index contributed by atoms with van der Waals surface area (Å²) in [7, 11) is 0. The molecular weight excluding hydrogens is 210 g/mol. The molecule has 0 saturated heterocycles. The Kier molecular flexibility index (Phi) is 4.05. The van der Waals surface area contributed by atoms with Crippen molar-refractivity contribution < 1.29 is 4.79 Å². The number of carbonyl (C=O) groups is 1. The summed E-state index contributed by atoms with van der Waals surface area (Å²) in [6, 6.07) is 0. The van der Waals surface area contributed by atoms with Crippen LogP contribution in [-0.4, -0.2) is 28.9 Å². The Labute approximate surface area is 92.7 Å². The van der Waals surface area contributed by atoms with Gasteiger partial charge in [0.25, 0.3) is 5.91 Å². The van der Waals surface area contributed by atoms with Crippen LogP contribution in [0, 0.1) is 0 Å². The van der Waals surface area contributed by atoms with Gasteiger partial charge in [-0.3, -0.25) is 4.79 Å². The largest absolute Gasteiger partial charge is 0.375 e. The number of carbonyl (C=O) groups excluding carboxylic acids is 1. The first kappa shape index (κ1) is 11.5. The van der Waals surface area contributed by atoms with E-state index in [9.17, 15) is 4.79 Å². The summed E-state index contributed by atoms with van der Waals surface area (Å²) >= 11 is 1.25. The van der Waals surface area contributed by atoms with Crippen LogP contribution < -0.4 is 5.73 Å². The normalized spacial score (nSPS) is 9.60. The van der Waals surface area contributed by atoms with Crippen LogP contribution in [0.15, 0.2) is 30.7 Å². The number of thiazole rings is 1. The first-order valence-electron chi connectivity index (χ1n) is 4.41. The highest BCUT2D eigenvalue weighted by Crippen LogP contribution is 2.13. The second kappa shape index (κ2) is 5.31. The number of hydrogen-bond acceptors (Lipinski definition) is 4. The standard InChI is InChI=1S/C10H13N3OS/c1-3-5-13(6-4-2)9(14)8-7-15-10(11)12-8/h3-4,7H,1-2,5-6H2,(H2,11,12). The maximum atomic E-state index is 11.9. The third kappa shape index (κ3) is 2.92. The Hall–Kier alpha value is -1.62.